The van der Waals surface area contributed by atoms with E-state index in [9.17, 15) is 0 Å². The summed E-state index contributed by atoms with van der Waals surface area (Å²) in [7, 11) is 0. The van der Waals surface area contributed by atoms with Crippen LogP contribution in [0.2, 0.25) is 0 Å². The fourth-order valence-corrected chi connectivity index (χ4v) is 0.612. The van der Waals surface area contributed by atoms with Crippen LogP contribution in [-0.2, 0) is 4.37 Å². The van der Waals surface area contributed by atoms with Gasteiger partial charge in [0.1, 0.15) is 19.8 Å². The molecule has 0 saturated heterocycles. The molecule has 0 unspecified atom stereocenters. The van der Waals surface area contributed by atoms with Crippen molar-refractivity contribution in [1.82, 2.24) is 0 Å². The average Bonchev–Trinajstić information content (AvgIpc) is 1.72. The first-order valence-electron chi connectivity index (χ1n) is 2.99. The third kappa shape index (κ3) is 36.6. The summed E-state index contributed by atoms with van der Waals surface area (Å²) in [6.45, 7) is 9.76. The van der Waals surface area contributed by atoms with Gasteiger partial charge in [-0.25, -0.2) is 0 Å². The van der Waals surface area contributed by atoms with Crippen molar-refractivity contribution >= 4 is 24.4 Å². The van der Waals surface area contributed by atoms with E-state index in [1.54, 1.807) is 0 Å². The van der Waals surface area contributed by atoms with Crippen LogP contribution in [0, 0.1) is 0 Å². The van der Waals surface area contributed by atoms with E-state index in [1.807, 2.05) is 0 Å². The SMILES string of the molecule is CC[O+](CC)CC.[Cl-].[Cl-].[Cl-].[Cl-].[Cl-].[Cl-].[Sb]. The number of hydrogen-bond donors (Lipinski definition) is 0. The van der Waals surface area contributed by atoms with Gasteiger partial charge >= 0.3 is 0 Å². The van der Waals surface area contributed by atoms with Gasteiger partial charge in [-0.05, 0) is 0 Å². The summed E-state index contributed by atoms with van der Waals surface area (Å²) >= 11 is 0. The van der Waals surface area contributed by atoms with E-state index in [1.165, 1.54) is 0 Å². The molecule has 0 aromatic heterocycles. The van der Waals surface area contributed by atoms with Gasteiger partial charge in [-0.2, -0.15) is 0 Å². The molecule has 8 heteroatoms. The van der Waals surface area contributed by atoms with Crippen molar-refractivity contribution in [3.05, 3.63) is 0 Å². The van der Waals surface area contributed by atoms with Crippen LogP contribution in [0.4, 0.5) is 0 Å². The summed E-state index contributed by atoms with van der Waals surface area (Å²) in [4.78, 5) is 0. The maximum atomic E-state index is 3.07. The Labute approximate surface area is 142 Å². The third-order valence-corrected chi connectivity index (χ3v) is 1.22. The van der Waals surface area contributed by atoms with E-state index in [4.69, 9.17) is 0 Å². The van der Waals surface area contributed by atoms with Crippen LogP contribution in [0.15, 0.2) is 0 Å². The van der Waals surface area contributed by atoms with E-state index >= 15 is 0 Å². The van der Waals surface area contributed by atoms with Crippen molar-refractivity contribution in [2.24, 2.45) is 0 Å². The van der Waals surface area contributed by atoms with Gasteiger partial charge in [0, 0.05) is 45.2 Å². The Morgan fingerprint density at radius 2 is 0.714 bits per heavy atom. The van der Waals surface area contributed by atoms with Crippen molar-refractivity contribution in [1.29, 1.82) is 0 Å². The Hall–Kier alpha value is 2.52. The first kappa shape index (κ1) is 54.8. The smallest absolute Gasteiger partial charge is 0.142 e. The zero-order valence-electron chi connectivity index (χ0n) is 8.24. The Bertz CT molecular complexity index is 43.8. The maximum Gasteiger partial charge on any atom is 0.142 e. The van der Waals surface area contributed by atoms with Crippen molar-refractivity contribution < 1.29 is 78.8 Å². The van der Waals surface area contributed by atoms with Crippen LogP contribution in [0.3, 0.4) is 0 Å². The van der Waals surface area contributed by atoms with Gasteiger partial charge in [-0.1, -0.05) is 0 Å². The second kappa shape index (κ2) is 45.1. The average molecular weight is 438 g/mol. The molecule has 0 heterocycles. The van der Waals surface area contributed by atoms with Crippen molar-refractivity contribution in [3.63, 3.8) is 0 Å². The minimum atomic E-state index is 0. The topological polar surface area (TPSA) is 2.70 Å². The predicted molar refractivity (Wildman–Crippen MR) is 38.5 cm³/mol. The summed E-state index contributed by atoms with van der Waals surface area (Å²) in [5.41, 5.74) is 0. The van der Waals surface area contributed by atoms with Crippen molar-refractivity contribution in [2.45, 2.75) is 20.8 Å². The Morgan fingerprint density at radius 3 is 0.714 bits per heavy atom. The van der Waals surface area contributed by atoms with Crippen LogP contribution < -0.4 is 74.4 Å². The second-order valence-corrected chi connectivity index (χ2v) is 1.48. The molecule has 0 atom stereocenters. The second-order valence-electron chi connectivity index (χ2n) is 1.48. The summed E-state index contributed by atoms with van der Waals surface area (Å²) in [5, 5.41) is 0. The summed E-state index contributed by atoms with van der Waals surface area (Å²) in [5.74, 6) is 0. The molecule has 14 heavy (non-hydrogen) atoms. The monoisotopic (exact) mass is 434 g/mol. The molecule has 3 radical (unpaired) electrons. The summed E-state index contributed by atoms with van der Waals surface area (Å²) in [6.07, 6.45) is 0. The Kier molecular flexibility index (Phi) is 177. The minimum absolute atomic E-state index is 0. The van der Waals surface area contributed by atoms with Gasteiger partial charge in [0.15, 0.2) is 0 Å². The van der Waals surface area contributed by atoms with Crippen LogP contribution >= 0.6 is 0 Å². The van der Waals surface area contributed by atoms with Gasteiger partial charge < -0.3 is 78.8 Å². The van der Waals surface area contributed by atoms with Gasteiger partial charge in [0.2, 0.25) is 0 Å². The first-order valence-corrected chi connectivity index (χ1v) is 2.99. The predicted octanol–water partition coefficient (Wildman–Crippen LogP) is -16.8. The molecule has 0 aromatic rings. The molecular weight excluding hydrogens is 423 g/mol. The number of hydrogen-bond acceptors (Lipinski definition) is 0. The number of halogens is 6. The van der Waals surface area contributed by atoms with E-state index in [2.05, 4.69) is 25.1 Å². The fraction of sp³-hybridized carbons (Fsp3) is 1.00. The van der Waals surface area contributed by atoms with Crippen molar-refractivity contribution in [2.75, 3.05) is 19.8 Å². The van der Waals surface area contributed by atoms with Crippen LogP contribution in [0.1, 0.15) is 20.8 Å². The van der Waals surface area contributed by atoms with Gasteiger partial charge in [0.25, 0.3) is 0 Å². The van der Waals surface area contributed by atoms with Gasteiger partial charge in [-0.3, -0.25) is 0 Å². The van der Waals surface area contributed by atoms with E-state index in [0.29, 0.717) is 0 Å². The van der Waals surface area contributed by atoms with Crippen molar-refractivity contribution in [3.8, 4) is 0 Å². The quantitative estimate of drug-likeness (QED) is 0.305. The Morgan fingerprint density at radius 1 is 0.571 bits per heavy atom. The largest absolute Gasteiger partial charge is 1.00 e. The molecule has 1 nitrogen and oxygen atoms in total. The minimum Gasteiger partial charge on any atom is -1.00 e. The molecule has 0 rings (SSSR count). The van der Waals surface area contributed by atoms with E-state index < -0.39 is 0 Å². The molecule has 0 aromatic carbocycles. The maximum absolute atomic E-state index is 3.07. The normalized spacial score (nSPS) is 5.14. The molecule has 0 aliphatic heterocycles. The first-order chi connectivity index (χ1) is 3.35. The zero-order valence-corrected chi connectivity index (χ0v) is 15.3. The van der Waals surface area contributed by atoms with E-state index in [-0.39, 0.29) is 98.9 Å². The van der Waals surface area contributed by atoms with E-state index in [0.717, 1.165) is 19.8 Å². The molecule has 0 amide bonds. The van der Waals surface area contributed by atoms with Crippen LogP contribution in [-0.4, -0.2) is 44.2 Å². The summed E-state index contributed by atoms with van der Waals surface area (Å²) < 4.78 is 3.07. The molecular formula is C6H15Cl6OSb-5. The summed E-state index contributed by atoms with van der Waals surface area (Å²) in [6, 6.07) is 0. The van der Waals surface area contributed by atoms with Gasteiger partial charge in [-0.15, -0.1) is 0 Å². The molecule has 0 N–H and O–H groups in total. The fourth-order valence-electron chi connectivity index (χ4n) is 0.612. The standard InChI is InChI=1S/C6H15O.6ClH.Sb/c1-4-7(5-2)6-3;;;;;;;/h4-6H2,1-3H3;6*1H;/q+1;;;;;;;/p-6. The zero-order chi connectivity index (χ0) is 5.70. The number of rotatable bonds is 3. The Balaban J connectivity index is -0.00000000857. The molecule has 0 bridgehead atoms. The molecule has 0 aliphatic rings. The molecule has 97 valence electrons. The molecule has 0 spiro atoms. The third-order valence-electron chi connectivity index (χ3n) is 1.22. The molecule has 0 fully saturated rings. The molecule has 0 aliphatic carbocycles. The van der Waals surface area contributed by atoms with Crippen LogP contribution in [0.25, 0.3) is 0 Å². The molecule has 0 saturated carbocycles. The van der Waals surface area contributed by atoms with Gasteiger partial charge in [0.05, 0.1) is 0 Å². The van der Waals surface area contributed by atoms with Crippen LogP contribution in [0.5, 0.6) is 0 Å².